The number of hydrazine groups is 1. The lowest BCUT2D eigenvalue weighted by Crippen LogP contribution is -2.44. The number of thioether (sulfide) groups is 1. The summed E-state index contributed by atoms with van der Waals surface area (Å²) in [5.74, 6) is -1.53. The van der Waals surface area contributed by atoms with Crippen LogP contribution in [0.1, 0.15) is 12.0 Å². The van der Waals surface area contributed by atoms with Crippen LogP contribution >= 0.6 is 11.8 Å². The summed E-state index contributed by atoms with van der Waals surface area (Å²) < 4.78 is 12.8. The highest BCUT2D eigenvalue weighted by molar-refractivity contribution is 8.01. The number of fused-ring (bicyclic) bond motifs is 1. The van der Waals surface area contributed by atoms with Crippen molar-refractivity contribution in [3.8, 4) is 0 Å². The van der Waals surface area contributed by atoms with Gasteiger partial charge in [-0.05, 0) is 29.8 Å². The second-order valence-corrected chi connectivity index (χ2v) is 6.94. The topological polar surface area (TPSA) is 87.3 Å². The van der Waals surface area contributed by atoms with E-state index < -0.39 is 17.1 Å². The molecule has 0 bridgehead atoms. The van der Waals surface area contributed by atoms with E-state index in [0.717, 1.165) is 10.6 Å². The summed E-state index contributed by atoms with van der Waals surface area (Å²) in [6, 6.07) is 12.9. The van der Waals surface area contributed by atoms with Gasteiger partial charge in [-0.3, -0.25) is 25.2 Å². The lowest BCUT2D eigenvalue weighted by atomic mass is 10.1. The van der Waals surface area contributed by atoms with Gasteiger partial charge in [0.25, 0.3) is 0 Å². The van der Waals surface area contributed by atoms with Gasteiger partial charge in [-0.15, -0.1) is 11.8 Å². The van der Waals surface area contributed by atoms with E-state index in [1.165, 1.54) is 36.0 Å². The molecular formula is C18H16FN3O3S. The van der Waals surface area contributed by atoms with Crippen molar-refractivity contribution in [2.45, 2.75) is 23.0 Å². The molecule has 3 rings (SSSR count). The van der Waals surface area contributed by atoms with E-state index >= 15 is 0 Å². The Bertz CT molecular complexity index is 842. The van der Waals surface area contributed by atoms with Crippen molar-refractivity contribution in [2.75, 3.05) is 5.32 Å². The Morgan fingerprint density at radius 2 is 1.73 bits per heavy atom. The van der Waals surface area contributed by atoms with Crippen molar-refractivity contribution in [2.24, 2.45) is 0 Å². The number of halogens is 1. The van der Waals surface area contributed by atoms with E-state index in [0.29, 0.717) is 5.56 Å². The third kappa shape index (κ3) is 4.60. The molecule has 1 heterocycles. The molecule has 0 aliphatic carbocycles. The number of rotatable bonds is 4. The highest BCUT2D eigenvalue weighted by Crippen LogP contribution is 2.36. The highest BCUT2D eigenvalue weighted by Gasteiger charge is 2.28. The van der Waals surface area contributed by atoms with Gasteiger partial charge in [0.05, 0.1) is 17.4 Å². The average Bonchev–Trinajstić information content (AvgIpc) is 2.62. The van der Waals surface area contributed by atoms with E-state index in [4.69, 9.17) is 0 Å². The van der Waals surface area contributed by atoms with E-state index in [-0.39, 0.29) is 24.6 Å². The van der Waals surface area contributed by atoms with Crippen LogP contribution in [0.4, 0.5) is 10.1 Å². The number of hydrogen-bond donors (Lipinski definition) is 3. The molecule has 0 radical (unpaired) electrons. The lowest BCUT2D eigenvalue weighted by molar-refractivity contribution is -0.129. The summed E-state index contributed by atoms with van der Waals surface area (Å²) in [6.07, 6.45) is -0.0612. The van der Waals surface area contributed by atoms with Gasteiger partial charge < -0.3 is 5.32 Å². The smallest absolute Gasteiger partial charge is 0.242 e. The van der Waals surface area contributed by atoms with Crippen LogP contribution in [0.25, 0.3) is 0 Å². The Morgan fingerprint density at radius 1 is 1.04 bits per heavy atom. The van der Waals surface area contributed by atoms with Crippen LogP contribution in [0.3, 0.4) is 0 Å². The molecule has 1 atom stereocenters. The van der Waals surface area contributed by atoms with Gasteiger partial charge in [-0.2, -0.15) is 0 Å². The van der Waals surface area contributed by atoms with Crippen LogP contribution in [-0.4, -0.2) is 23.0 Å². The molecule has 2 aromatic carbocycles. The molecule has 134 valence electrons. The number of para-hydroxylation sites is 1. The zero-order valence-corrected chi connectivity index (χ0v) is 14.4. The summed E-state index contributed by atoms with van der Waals surface area (Å²) >= 11 is 1.31. The summed E-state index contributed by atoms with van der Waals surface area (Å²) in [6.45, 7) is 0. The van der Waals surface area contributed by atoms with Crippen molar-refractivity contribution < 1.29 is 18.8 Å². The van der Waals surface area contributed by atoms with Crippen LogP contribution in [-0.2, 0) is 20.8 Å². The Hall–Kier alpha value is -2.87. The lowest BCUT2D eigenvalue weighted by Gasteiger charge is -2.23. The van der Waals surface area contributed by atoms with Gasteiger partial charge in [0.15, 0.2) is 0 Å². The van der Waals surface area contributed by atoms with E-state index in [1.54, 1.807) is 6.07 Å². The van der Waals surface area contributed by atoms with E-state index in [2.05, 4.69) is 16.2 Å². The summed E-state index contributed by atoms with van der Waals surface area (Å²) in [4.78, 5) is 36.8. The predicted octanol–water partition coefficient (Wildman–Crippen LogP) is 2.02. The minimum absolute atomic E-state index is 0.00655. The SMILES string of the molecule is O=C(Cc1ccc(F)cc1)NNC(=O)C[C@@H]1Sc2ccccc2NC1=O. The molecule has 0 aromatic heterocycles. The second kappa shape index (κ2) is 8.01. The number of hydrogen-bond acceptors (Lipinski definition) is 4. The molecule has 0 spiro atoms. The first-order valence-corrected chi connectivity index (χ1v) is 8.78. The standard InChI is InChI=1S/C18H16FN3O3S/c19-12-7-5-11(6-8-12)9-16(23)21-22-17(24)10-15-18(25)20-13-3-1-2-4-14(13)26-15/h1-8,15H,9-10H2,(H,20,25)(H,21,23)(H,22,24)/t15-/m0/s1. The summed E-state index contributed by atoms with van der Waals surface area (Å²) in [7, 11) is 0. The molecular weight excluding hydrogens is 357 g/mol. The summed E-state index contributed by atoms with van der Waals surface area (Å²) in [5, 5.41) is 2.19. The Kier molecular flexibility index (Phi) is 5.52. The Labute approximate surface area is 153 Å². The molecule has 3 N–H and O–H groups in total. The molecule has 3 amide bonds. The van der Waals surface area contributed by atoms with Crippen LogP contribution < -0.4 is 16.2 Å². The maximum absolute atomic E-state index is 12.8. The van der Waals surface area contributed by atoms with Gasteiger partial charge in [-0.1, -0.05) is 24.3 Å². The zero-order chi connectivity index (χ0) is 18.5. The minimum Gasteiger partial charge on any atom is -0.324 e. The van der Waals surface area contributed by atoms with Crippen molar-refractivity contribution in [3.05, 3.63) is 59.9 Å². The van der Waals surface area contributed by atoms with Crippen molar-refractivity contribution in [1.82, 2.24) is 10.9 Å². The van der Waals surface area contributed by atoms with Gasteiger partial charge in [0.1, 0.15) is 5.82 Å². The number of anilines is 1. The Balaban J connectivity index is 1.47. The fourth-order valence-corrected chi connectivity index (χ4v) is 3.53. The second-order valence-electron chi connectivity index (χ2n) is 5.70. The molecule has 0 unspecified atom stereocenters. The van der Waals surface area contributed by atoms with Gasteiger partial charge in [0, 0.05) is 11.3 Å². The average molecular weight is 373 g/mol. The summed E-state index contributed by atoms with van der Waals surface area (Å²) in [5.41, 5.74) is 5.95. The number of benzene rings is 2. The molecule has 0 saturated carbocycles. The first-order valence-electron chi connectivity index (χ1n) is 7.90. The molecule has 1 aliphatic rings. The largest absolute Gasteiger partial charge is 0.324 e. The molecule has 26 heavy (non-hydrogen) atoms. The van der Waals surface area contributed by atoms with Crippen molar-refractivity contribution in [1.29, 1.82) is 0 Å². The number of amides is 3. The van der Waals surface area contributed by atoms with Crippen LogP contribution in [0, 0.1) is 5.82 Å². The first kappa shape index (κ1) is 17.9. The zero-order valence-electron chi connectivity index (χ0n) is 13.6. The number of nitrogens with one attached hydrogen (secondary N) is 3. The first-order chi connectivity index (χ1) is 12.5. The molecule has 6 nitrogen and oxygen atoms in total. The van der Waals surface area contributed by atoms with Crippen molar-refractivity contribution in [3.63, 3.8) is 0 Å². The molecule has 1 aliphatic heterocycles. The third-order valence-electron chi connectivity index (χ3n) is 3.70. The quantitative estimate of drug-likeness (QED) is 0.716. The number of carbonyl (C=O) groups excluding carboxylic acids is 3. The molecule has 8 heteroatoms. The van der Waals surface area contributed by atoms with Gasteiger partial charge in [0.2, 0.25) is 17.7 Å². The van der Waals surface area contributed by atoms with Crippen LogP contribution in [0.15, 0.2) is 53.4 Å². The predicted molar refractivity (Wildman–Crippen MR) is 95.7 cm³/mol. The fourth-order valence-electron chi connectivity index (χ4n) is 2.42. The molecule has 0 saturated heterocycles. The van der Waals surface area contributed by atoms with Crippen LogP contribution in [0.2, 0.25) is 0 Å². The minimum atomic E-state index is -0.570. The van der Waals surface area contributed by atoms with Gasteiger partial charge >= 0.3 is 0 Å². The monoisotopic (exact) mass is 373 g/mol. The third-order valence-corrected chi connectivity index (χ3v) is 4.97. The maximum Gasteiger partial charge on any atom is 0.242 e. The Morgan fingerprint density at radius 3 is 2.50 bits per heavy atom. The molecule has 2 aromatic rings. The van der Waals surface area contributed by atoms with Crippen LogP contribution in [0.5, 0.6) is 0 Å². The maximum atomic E-state index is 12.8. The fraction of sp³-hybridized carbons (Fsp3) is 0.167. The normalized spacial score (nSPS) is 15.6. The van der Waals surface area contributed by atoms with Crippen molar-refractivity contribution >= 4 is 35.2 Å². The van der Waals surface area contributed by atoms with Gasteiger partial charge in [-0.25, -0.2) is 4.39 Å². The van der Waals surface area contributed by atoms with E-state index in [1.807, 2.05) is 18.2 Å². The molecule has 0 fully saturated rings. The van der Waals surface area contributed by atoms with E-state index in [9.17, 15) is 18.8 Å². The highest BCUT2D eigenvalue weighted by atomic mass is 32.2. The number of carbonyl (C=O) groups is 3.